The largest absolute Gasteiger partial charge is 0.573 e. The number of pyridine rings is 1. The Balaban J connectivity index is 3.11. The zero-order chi connectivity index (χ0) is 20.7. The molecule has 27 heavy (non-hydrogen) atoms. The number of hydrogen-bond acceptors (Lipinski definition) is 5. The summed E-state index contributed by atoms with van der Waals surface area (Å²) in [6.45, 7) is 0. The second kappa shape index (κ2) is 6.59. The first-order valence-corrected chi connectivity index (χ1v) is 6.61. The van der Waals surface area contributed by atoms with Crippen LogP contribution in [0.3, 0.4) is 0 Å². The Labute approximate surface area is 144 Å². The first-order chi connectivity index (χ1) is 12.3. The lowest BCUT2D eigenvalue weighted by atomic mass is 9.94. The quantitative estimate of drug-likeness (QED) is 0.582. The zero-order valence-electron chi connectivity index (χ0n) is 12.6. The number of aromatic amines is 1. The molecule has 0 fully saturated rings. The van der Waals surface area contributed by atoms with E-state index in [1.54, 1.807) is 4.98 Å². The van der Waals surface area contributed by atoms with Crippen molar-refractivity contribution in [2.45, 2.75) is 6.36 Å². The van der Waals surface area contributed by atoms with Crippen LogP contribution in [0.15, 0.2) is 16.9 Å². The number of anilines is 1. The van der Waals surface area contributed by atoms with Gasteiger partial charge in [-0.15, -0.1) is 13.2 Å². The summed E-state index contributed by atoms with van der Waals surface area (Å²) >= 11 is 0. The number of nitrogen functional groups attached to an aromatic ring is 1. The Morgan fingerprint density at radius 3 is 2.00 bits per heavy atom. The summed E-state index contributed by atoms with van der Waals surface area (Å²) in [5.74, 6) is -10.5. The fourth-order valence-electron chi connectivity index (χ4n) is 2.28. The number of hydrogen-bond donors (Lipinski definition) is 4. The Hall–Kier alpha value is -3.64. The number of halogens is 5. The van der Waals surface area contributed by atoms with Crippen LogP contribution in [-0.2, 0) is 0 Å². The molecule has 0 unspecified atom stereocenters. The van der Waals surface area contributed by atoms with Crippen LogP contribution >= 0.6 is 0 Å². The van der Waals surface area contributed by atoms with E-state index in [1.807, 2.05) is 0 Å². The van der Waals surface area contributed by atoms with Crippen molar-refractivity contribution in [2.24, 2.45) is 0 Å². The van der Waals surface area contributed by atoms with E-state index in [2.05, 4.69) is 4.74 Å². The molecule has 0 bridgehead atoms. The van der Waals surface area contributed by atoms with Crippen molar-refractivity contribution in [2.75, 3.05) is 5.73 Å². The normalized spacial score (nSPS) is 11.3. The van der Waals surface area contributed by atoms with E-state index >= 15 is 0 Å². The van der Waals surface area contributed by atoms with Gasteiger partial charge in [0.2, 0.25) is 0 Å². The van der Waals surface area contributed by atoms with E-state index in [0.29, 0.717) is 6.07 Å². The second-order valence-electron chi connectivity index (χ2n) is 4.88. The number of H-pyrrole nitrogens is 1. The summed E-state index contributed by atoms with van der Waals surface area (Å²) in [4.78, 5) is 36.3. The molecule has 0 atom stereocenters. The standard InChI is InChI=1S/C14H7F5N2O6/c15-3-1-2-4(16)9(27-14(17,18)19)5(3)6-7(12(23)24)10(20)21-11(22)8(6)13(25)26/h1-2H,(H,23,24)(H,25,26)(H3,20,21,22). The summed E-state index contributed by atoms with van der Waals surface area (Å²) in [5.41, 5.74) is -1.93. The van der Waals surface area contributed by atoms with Gasteiger partial charge in [-0.25, -0.2) is 18.4 Å². The van der Waals surface area contributed by atoms with Gasteiger partial charge in [0, 0.05) is 5.56 Å². The second-order valence-corrected chi connectivity index (χ2v) is 4.88. The minimum atomic E-state index is -5.55. The number of benzene rings is 1. The number of nitrogens with one attached hydrogen (secondary N) is 1. The molecule has 0 spiro atoms. The summed E-state index contributed by atoms with van der Waals surface area (Å²) < 4.78 is 69.4. The Morgan fingerprint density at radius 1 is 1.00 bits per heavy atom. The highest BCUT2D eigenvalue weighted by atomic mass is 19.4. The average Bonchev–Trinajstić information content (AvgIpc) is 2.48. The maximum absolute atomic E-state index is 14.3. The SMILES string of the molecule is Nc1[nH]c(=O)c(C(=O)O)c(-c2c(F)ccc(F)c2OC(F)(F)F)c1C(=O)O. The lowest BCUT2D eigenvalue weighted by Gasteiger charge is -2.18. The molecule has 1 aromatic heterocycles. The molecule has 0 aliphatic heterocycles. The molecule has 144 valence electrons. The van der Waals surface area contributed by atoms with Crippen LogP contribution in [0.2, 0.25) is 0 Å². The van der Waals surface area contributed by atoms with E-state index in [-0.39, 0.29) is 6.07 Å². The molecule has 0 radical (unpaired) electrons. The maximum Gasteiger partial charge on any atom is 0.573 e. The van der Waals surface area contributed by atoms with Crippen LogP contribution in [0.4, 0.5) is 27.8 Å². The lowest BCUT2D eigenvalue weighted by molar-refractivity contribution is -0.275. The van der Waals surface area contributed by atoms with Crippen LogP contribution in [0.25, 0.3) is 11.1 Å². The van der Waals surface area contributed by atoms with Crippen LogP contribution < -0.4 is 16.0 Å². The number of carbonyl (C=O) groups is 2. The van der Waals surface area contributed by atoms with E-state index < -0.39 is 69.3 Å². The van der Waals surface area contributed by atoms with Gasteiger partial charge in [-0.2, -0.15) is 0 Å². The number of alkyl halides is 3. The Bertz CT molecular complexity index is 1010. The van der Waals surface area contributed by atoms with Crippen molar-refractivity contribution >= 4 is 17.8 Å². The maximum atomic E-state index is 14.3. The molecule has 0 aliphatic rings. The van der Waals surface area contributed by atoms with Crippen LogP contribution in [0.1, 0.15) is 20.7 Å². The van der Waals surface area contributed by atoms with Crippen LogP contribution in [-0.4, -0.2) is 33.5 Å². The van der Waals surface area contributed by atoms with E-state index in [1.165, 1.54) is 0 Å². The highest BCUT2D eigenvalue weighted by molar-refractivity contribution is 6.08. The Morgan fingerprint density at radius 2 is 1.52 bits per heavy atom. The minimum absolute atomic E-state index is 0.233. The van der Waals surface area contributed by atoms with Gasteiger partial charge in [-0.05, 0) is 12.1 Å². The van der Waals surface area contributed by atoms with Gasteiger partial charge >= 0.3 is 18.3 Å². The first-order valence-electron chi connectivity index (χ1n) is 6.61. The van der Waals surface area contributed by atoms with Gasteiger partial charge in [0.05, 0.1) is 5.56 Å². The predicted octanol–water partition coefficient (Wildman–Crippen LogP) is 2.20. The molecule has 8 nitrogen and oxygen atoms in total. The summed E-state index contributed by atoms with van der Waals surface area (Å²) in [6, 6.07) is 0.528. The van der Waals surface area contributed by atoms with Crippen molar-refractivity contribution in [3.8, 4) is 16.9 Å². The highest BCUT2D eigenvalue weighted by Gasteiger charge is 2.37. The first kappa shape index (κ1) is 19.7. The molecule has 1 heterocycles. The molecule has 13 heteroatoms. The van der Waals surface area contributed by atoms with E-state index in [4.69, 9.17) is 10.8 Å². The summed E-state index contributed by atoms with van der Waals surface area (Å²) in [7, 11) is 0. The number of ether oxygens (including phenoxy) is 1. The monoisotopic (exact) mass is 394 g/mol. The topological polar surface area (TPSA) is 143 Å². The van der Waals surface area contributed by atoms with E-state index in [0.717, 1.165) is 0 Å². The van der Waals surface area contributed by atoms with Gasteiger partial charge in [0.25, 0.3) is 5.56 Å². The number of nitrogens with two attached hydrogens (primary N) is 1. The van der Waals surface area contributed by atoms with Gasteiger partial charge in [0.15, 0.2) is 11.6 Å². The summed E-state index contributed by atoms with van der Waals surface area (Å²) in [6.07, 6.45) is -5.55. The molecule has 0 amide bonds. The van der Waals surface area contributed by atoms with E-state index in [9.17, 15) is 41.4 Å². The number of aromatic nitrogens is 1. The van der Waals surface area contributed by atoms with Gasteiger partial charge < -0.3 is 25.7 Å². The number of carboxylic acid groups (broad SMARTS) is 2. The van der Waals surface area contributed by atoms with Crippen molar-refractivity contribution in [3.05, 3.63) is 45.2 Å². The van der Waals surface area contributed by atoms with Gasteiger partial charge in [-0.3, -0.25) is 4.79 Å². The van der Waals surface area contributed by atoms with Gasteiger partial charge in [-0.1, -0.05) is 0 Å². The molecule has 0 saturated heterocycles. The minimum Gasteiger partial charge on any atom is -0.478 e. The molecular formula is C14H7F5N2O6. The van der Waals surface area contributed by atoms with Crippen molar-refractivity contribution in [1.29, 1.82) is 0 Å². The van der Waals surface area contributed by atoms with Crippen molar-refractivity contribution in [1.82, 2.24) is 4.98 Å². The Kier molecular flexibility index (Phi) is 4.80. The third kappa shape index (κ3) is 3.65. The number of rotatable bonds is 4. The number of aromatic carboxylic acids is 2. The molecule has 1 aromatic carbocycles. The molecule has 5 N–H and O–H groups in total. The number of carboxylic acids is 2. The fraction of sp³-hybridized carbons (Fsp3) is 0.0714. The summed E-state index contributed by atoms with van der Waals surface area (Å²) in [5, 5.41) is 18.4. The predicted molar refractivity (Wildman–Crippen MR) is 77.4 cm³/mol. The van der Waals surface area contributed by atoms with Crippen LogP contribution in [0.5, 0.6) is 5.75 Å². The fourth-order valence-corrected chi connectivity index (χ4v) is 2.28. The van der Waals surface area contributed by atoms with Crippen molar-refractivity contribution < 1.29 is 46.5 Å². The molecular weight excluding hydrogens is 387 g/mol. The molecule has 0 aliphatic carbocycles. The average molecular weight is 394 g/mol. The third-order valence-corrected chi connectivity index (χ3v) is 3.20. The molecule has 0 saturated carbocycles. The zero-order valence-corrected chi connectivity index (χ0v) is 12.6. The van der Waals surface area contributed by atoms with Gasteiger partial charge in [0.1, 0.15) is 22.8 Å². The lowest BCUT2D eigenvalue weighted by Crippen LogP contribution is -2.25. The molecule has 2 rings (SSSR count). The van der Waals surface area contributed by atoms with Crippen molar-refractivity contribution in [3.63, 3.8) is 0 Å². The molecule has 2 aromatic rings. The highest BCUT2D eigenvalue weighted by Crippen LogP contribution is 2.41. The van der Waals surface area contributed by atoms with Crippen LogP contribution in [0, 0.1) is 11.6 Å². The smallest absolute Gasteiger partial charge is 0.478 e. The third-order valence-electron chi connectivity index (χ3n) is 3.20.